The van der Waals surface area contributed by atoms with Gasteiger partial charge in [-0.25, -0.2) is 0 Å². The zero-order valence-electron chi connectivity index (χ0n) is 25.9. The molecule has 3 N–H and O–H groups in total. The second-order valence-corrected chi connectivity index (χ2v) is 16.8. The van der Waals surface area contributed by atoms with Crippen molar-refractivity contribution in [2.75, 3.05) is 0 Å². The highest BCUT2D eigenvalue weighted by Crippen LogP contribution is 2.60. The number of rotatable bonds is 4. The first-order chi connectivity index (χ1) is 20.6. The Balaban J connectivity index is 1.02. The minimum atomic E-state index is 0.00568. The van der Waals surface area contributed by atoms with E-state index in [-0.39, 0.29) is 23.9 Å². The van der Waals surface area contributed by atoms with Crippen molar-refractivity contribution in [3.8, 4) is 0 Å². The van der Waals surface area contributed by atoms with E-state index in [9.17, 15) is 15.0 Å². The Hall–Kier alpha value is -1.39. The van der Waals surface area contributed by atoms with Crippen LogP contribution in [-0.2, 0) is 9.59 Å². The smallest absolute Gasteiger partial charge is 0.188 e. The predicted octanol–water partition coefficient (Wildman–Crippen LogP) is 6.99. The number of hydrogen-bond donors (Lipinski definition) is 3. The number of guanidine groups is 1. The fourth-order valence-corrected chi connectivity index (χ4v) is 14.2. The number of carbonyl (C=O) groups excluding carboxylic acids is 2. The molecule has 4 unspecified atom stereocenters. The molecule has 0 spiro atoms. The van der Waals surface area contributed by atoms with Crippen LogP contribution >= 0.6 is 0 Å². The molecule has 8 aliphatic rings. The Bertz CT molecular complexity index is 952. The monoisotopic (exact) mass is 575 g/mol. The molecule has 8 saturated carbocycles. The van der Waals surface area contributed by atoms with Gasteiger partial charge in [0.1, 0.15) is 12.6 Å². The normalized spacial score (nSPS) is 52.8. The molecule has 8 fully saturated rings. The first-order valence-corrected chi connectivity index (χ1v) is 18.7. The quantitative estimate of drug-likeness (QED) is 0.192. The fourth-order valence-electron chi connectivity index (χ4n) is 14.2. The minimum Gasteiger partial charge on any atom is -0.353 e. The van der Waals surface area contributed by atoms with Crippen molar-refractivity contribution in [3.63, 3.8) is 0 Å². The van der Waals surface area contributed by atoms with Gasteiger partial charge in [0, 0.05) is 23.9 Å². The van der Waals surface area contributed by atoms with Gasteiger partial charge in [-0.3, -0.25) is 5.41 Å². The molecule has 8 rings (SSSR count). The van der Waals surface area contributed by atoms with Gasteiger partial charge in [0.05, 0.1) is 0 Å². The van der Waals surface area contributed by atoms with Crippen LogP contribution in [0.1, 0.15) is 116 Å². The van der Waals surface area contributed by atoms with Crippen molar-refractivity contribution in [2.24, 2.45) is 82.9 Å². The van der Waals surface area contributed by atoms with E-state index in [2.05, 4.69) is 10.6 Å². The highest BCUT2D eigenvalue weighted by atomic mass is 16.1. The lowest BCUT2D eigenvalue weighted by molar-refractivity contribution is -0.117. The average molecular weight is 576 g/mol. The molecule has 5 nitrogen and oxygen atoms in total. The summed E-state index contributed by atoms with van der Waals surface area (Å²) in [7, 11) is 0. The van der Waals surface area contributed by atoms with Gasteiger partial charge in [0.2, 0.25) is 0 Å². The molecule has 0 aromatic carbocycles. The first-order valence-electron chi connectivity index (χ1n) is 18.7. The topological polar surface area (TPSA) is 82.1 Å². The molecule has 0 amide bonds. The first kappa shape index (κ1) is 28.1. The molecule has 232 valence electrons. The lowest BCUT2D eigenvalue weighted by Gasteiger charge is -2.56. The molecule has 5 heteroatoms. The van der Waals surface area contributed by atoms with Crippen LogP contribution in [0.3, 0.4) is 0 Å². The van der Waals surface area contributed by atoms with E-state index < -0.39 is 0 Å². The maximum absolute atomic E-state index is 12.5. The van der Waals surface area contributed by atoms with Gasteiger partial charge >= 0.3 is 0 Å². The third-order valence-electron chi connectivity index (χ3n) is 15.7. The van der Waals surface area contributed by atoms with Crippen LogP contribution in [0, 0.1) is 88.3 Å². The van der Waals surface area contributed by atoms with E-state index in [4.69, 9.17) is 0 Å². The summed E-state index contributed by atoms with van der Waals surface area (Å²) < 4.78 is 0. The van der Waals surface area contributed by atoms with E-state index in [0.717, 1.165) is 60.2 Å². The standard InChI is InChI=1S/C37H57N3O2/c38-37(39-35-25(19-41)9-7-23-13-15-29-27-5-1-3-21(27)11-17-31(29)33(23)35)40-36-26(20-42)10-8-24-14-16-30-28-6-2-4-22(28)12-18-32(30)34(24)36/h19-36H,1-18H2,(H3,38,39,40)/t21-,22-,23+,24+,25?,26?,27+,28+,29-,30-,31-,32-,33-,34-,35?,36?/m0/s1. The van der Waals surface area contributed by atoms with E-state index in [1.807, 2.05) is 0 Å². The molecule has 16 atom stereocenters. The van der Waals surface area contributed by atoms with Crippen LogP contribution in [0.15, 0.2) is 0 Å². The largest absolute Gasteiger partial charge is 0.353 e. The van der Waals surface area contributed by atoms with Crippen LogP contribution in [0.5, 0.6) is 0 Å². The molecule has 0 bridgehead atoms. The van der Waals surface area contributed by atoms with E-state index in [1.165, 1.54) is 115 Å². The van der Waals surface area contributed by atoms with Gasteiger partial charge in [-0.1, -0.05) is 25.7 Å². The summed E-state index contributed by atoms with van der Waals surface area (Å²) in [6.07, 6.45) is 26.2. The molecule has 8 aliphatic carbocycles. The van der Waals surface area contributed by atoms with Crippen molar-refractivity contribution < 1.29 is 9.59 Å². The van der Waals surface area contributed by atoms with Gasteiger partial charge in [-0.05, 0) is 161 Å². The van der Waals surface area contributed by atoms with Crippen LogP contribution in [0.25, 0.3) is 0 Å². The zero-order chi connectivity index (χ0) is 28.4. The van der Waals surface area contributed by atoms with Gasteiger partial charge in [-0.15, -0.1) is 0 Å². The van der Waals surface area contributed by atoms with E-state index in [1.54, 1.807) is 0 Å². The summed E-state index contributed by atoms with van der Waals surface area (Å²) in [4.78, 5) is 25.0. The third-order valence-corrected chi connectivity index (χ3v) is 15.7. The summed E-state index contributed by atoms with van der Waals surface area (Å²) in [6, 6.07) is 0.156. The maximum Gasteiger partial charge on any atom is 0.188 e. The molecule has 0 aliphatic heterocycles. The number of aldehydes is 2. The number of nitrogens with one attached hydrogen (secondary N) is 3. The Kier molecular flexibility index (Phi) is 7.71. The Labute approximate surface area is 254 Å². The lowest BCUT2D eigenvalue weighted by Crippen LogP contribution is -2.62. The number of hydrogen-bond acceptors (Lipinski definition) is 3. The van der Waals surface area contributed by atoms with E-state index in [0.29, 0.717) is 29.6 Å². The number of fused-ring (bicyclic) bond motifs is 10. The summed E-state index contributed by atoms with van der Waals surface area (Å²) in [5.74, 6) is 9.75. The molecule has 0 aromatic rings. The molecule has 0 radical (unpaired) electrons. The Morgan fingerprint density at radius 2 is 0.857 bits per heavy atom. The van der Waals surface area contributed by atoms with Crippen LogP contribution in [0.4, 0.5) is 0 Å². The SMILES string of the molecule is N=C(NC1C(C=O)CC[C@@H]2CC[C@H]3[C@@H]4CCC[C@H]4CC[C@@H]3[C@@H]12)NC1C(C=O)CC[C@@H]2CC[C@H]3[C@@H]4CCC[C@H]4CC[C@@H]3[C@@H]12. The van der Waals surface area contributed by atoms with Gasteiger partial charge in [0.25, 0.3) is 0 Å². The fraction of sp³-hybridized carbons (Fsp3) is 0.919. The van der Waals surface area contributed by atoms with Crippen molar-refractivity contribution in [2.45, 2.75) is 128 Å². The second kappa shape index (κ2) is 11.5. The average Bonchev–Trinajstić information content (AvgIpc) is 3.71. The molecular formula is C37H57N3O2. The molecular weight excluding hydrogens is 518 g/mol. The van der Waals surface area contributed by atoms with Gasteiger partial charge in [-0.2, -0.15) is 0 Å². The summed E-state index contributed by atoms with van der Waals surface area (Å²) in [6.45, 7) is 0. The van der Waals surface area contributed by atoms with Gasteiger partial charge in [0.15, 0.2) is 5.96 Å². The van der Waals surface area contributed by atoms with Crippen molar-refractivity contribution in [1.82, 2.24) is 10.6 Å². The van der Waals surface area contributed by atoms with Crippen molar-refractivity contribution >= 4 is 18.5 Å². The summed E-state index contributed by atoms with van der Waals surface area (Å²) >= 11 is 0. The highest BCUT2D eigenvalue weighted by molar-refractivity contribution is 5.78. The van der Waals surface area contributed by atoms with Crippen LogP contribution in [-0.4, -0.2) is 30.6 Å². The Morgan fingerprint density at radius 3 is 1.31 bits per heavy atom. The van der Waals surface area contributed by atoms with Gasteiger partial charge < -0.3 is 20.2 Å². The van der Waals surface area contributed by atoms with Crippen molar-refractivity contribution in [1.29, 1.82) is 5.41 Å². The predicted molar refractivity (Wildman–Crippen MR) is 166 cm³/mol. The second-order valence-electron chi connectivity index (χ2n) is 16.8. The Morgan fingerprint density at radius 1 is 0.452 bits per heavy atom. The molecule has 42 heavy (non-hydrogen) atoms. The summed E-state index contributed by atoms with van der Waals surface area (Å²) in [5.41, 5.74) is 0. The zero-order valence-corrected chi connectivity index (χ0v) is 25.9. The summed E-state index contributed by atoms with van der Waals surface area (Å²) in [5, 5.41) is 16.8. The van der Waals surface area contributed by atoms with E-state index >= 15 is 0 Å². The number of carbonyl (C=O) groups is 2. The van der Waals surface area contributed by atoms with Crippen LogP contribution in [0.2, 0.25) is 0 Å². The highest BCUT2D eigenvalue weighted by Gasteiger charge is 2.55. The van der Waals surface area contributed by atoms with Crippen molar-refractivity contribution in [3.05, 3.63) is 0 Å². The maximum atomic E-state index is 12.5. The van der Waals surface area contributed by atoms with Crippen LogP contribution < -0.4 is 10.6 Å². The molecule has 0 aromatic heterocycles. The molecule has 0 heterocycles. The third kappa shape index (κ3) is 4.63. The molecule has 0 saturated heterocycles. The lowest BCUT2D eigenvalue weighted by atomic mass is 9.51. The minimum absolute atomic E-state index is 0.00568.